The fourth-order valence-electron chi connectivity index (χ4n) is 3.40. The molecule has 0 atom stereocenters. The van der Waals surface area contributed by atoms with Gasteiger partial charge in [-0.15, -0.1) is 0 Å². The van der Waals surface area contributed by atoms with Crippen LogP contribution in [0.5, 0.6) is 0 Å². The van der Waals surface area contributed by atoms with E-state index < -0.39 is 0 Å². The molecule has 0 fully saturated rings. The predicted octanol–water partition coefficient (Wildman–Crippen LogP) is 7.76. The van der Waals surface area contributed by atoms with Crippen molar-refractivity contribution < 1.29 is 0 Å². The smallest absolute Gasteiger partial charge is 0.0205 e. The minimum Gasteiger partial charge on any atom is -0.313 e. The van der Waals surface area contributed by atoms with E-state index in [0.29, 0.717) is 0 Å². The average molecular weight is 358 g/mol. The molecule has 1 N–H and O–H groups in total. The summed E-state index contributed by atoms with van der Waals surface area (Å²) in [5.41, 5.74) is 2.56. The molecule has 0 saturated carbocycles. The van der Waals surface area contributed by atoms with Gasteiger partial charge in [0.1, 0.15) is 0 Å². The van der Waals surface area contributed by atoms with Gasteiger partial charge in [-0.1, -0.05) is 121 Å². The number of benzene rings is 1. The maximum absolute atomic E-state index is 3.79. The van der Waals surface area contributed by atoms with E-state index in [1.165, 1.54) is 88.2 Å². The van der Waals surface area contributed by atoms with Gasteiger partial charge in [0.15, 0.2) is 0 Å². The normalized spacial score (nSPS) is 11.2. The first kappa shape index (κ1) is 23.0. The van der Waals surface area contributed by atoms with Gasteiger partial charge < -0.3 is 5.32 Å². The molecule has 26 heavy (non-hydrogen) atoms. The first-order valence-corrected chi connectivity index (χ1v) is 11.1. The Morgan fingerprint density at radius 2 is 1.27 bits per heavy atom. The quantitative estimate of drug-likeness (QED) is 0.281. The van der Waals surface area contributed by atoms with Crippen molar-refractivity contribution in [1.29, 1.82) is 0 Å². The summed E-state index contributed by atoms with van der Waals surface area (Å²) in [7, 11) is 0. The van der Waals surface area contributed by atoms with Gasteiger partial charge in [0.25, 0.3) is 0 Å². The highest BCUT2D eigenvalue weighted by Crippen LogP contribution is 2.13. The van der Waals surface area contributed by atoms with Crippen molar-refractivity contribution in [2.45, 2.75) is 97.4 Å². The van der Waals surface area contributed by atoms with Gasteiger partial charge in [0.2, 0.25) is 0 Å². The van der Waals surface area contributed by atoms with Crippen LogP contribution >= 0.6 is 0 Å². The number of hydrogen-bond donors (Lipinski definition) is 1. The second-order valence-electron chi connectivity index (χ2n) is 8.19. The molecule has 1 rings (SSSR count). The van der Waals surface area contributed by atoms with Gasteiger partial charge in [0, 0.05) is 6.54 Å². The summed E-state index contributed by atoms with van der Waals surface area (Å²) in [5, 5.41) is 3.56. The van der Waals surface area contributed by atoms with E-state index in [2.05, 4.69) is 50.0 Å². The Kier molecular flexibility index (Phi) is 14.2. The monoisotopic (exact) mass is 357 g/mol. The van der Waals surface area contributed by atoms with Crippen molar-refractivity contribution in [3.05, 3.63) is 42.0 Å². The molecule has 1 aromatic rings. The van der Waals surface area contributed by atoms with E-state index in [1.807, 2.05) is 6.08 Å². The lowest BCUT2D eigenvalue weighted by Crippen LogP contribution is -2.14. The molecule has 0 bridgehead atoms. The Balaban J connectivity index is 1.78. The van der Waals surface area contributed by atoms with E-state index in [0.717, 1.165) is 19.0 Å². The van der Waals surface area contributed by atoms with Crippen LogP contribution in [0.1, 0.15) is 102 Å². The van der Waals surface area contributed by atoms with Crippen LogP contribution in [0.4, 0.5) is 0 Å². The topological polar surface area (TPSA) is 12.0 Å². The van der Waals surface area contributed by atoms with Crippen molar-refractivity contribution >= 4 is 6.08 Å². The fourth-order valence-corrected chi connectivity index (χ4v) is 3.40. The van der Waals surface area contributed by atoms with Crippen LogP contribution in [0.25, 0.3) is 6.08 Å². The second-order valence-corrected chi connectivity index (χ2v) is 8.19. The Morgan fingerprint density at radius 3 is 1.77 bits per heavy atom. The van der Waals surface area contributed by atoms with Crippen molar-refractivity contribution in [3.63, 3.8) is 0 Å². The first-order valence-electron chi connectivity index (χ1n) is 11.1. The van der Waals surface area contributed by atoms with Crippen molar-refractivity contribution in [2.75, 3.05) is 6.54 Å². The lowest BCUT2D eigenvalue weighted by Gasteiger charge is -2.06. The van der Waals surface area contributed by atoms with E-state index in [9.17, 15) is 0 Å². The lowest BCUT2D eigenvalue weighted by molar-refractivity contribution is 0.503. The molecule has 0 aromatic heterocycles. The van der Waals surface area contributed by atoms with Crippen LogP contribution in [0, 0.1) is 5.92 Å². The molecule has 0 radical (unpaired) electrons. The molecule has 0 heterocycles. The zero-order valence-electron chi connectivity index (χ0n) is 17.6. The van der Waals surface area contributed by atoms with Crippen molar-refractivity contribution in [2.24, 2.45) is 5.92 Å². The highest BCUT2D eigenvalue weighted by molar-refractivity contribution is 5.47. The number of hydrogen-bond acceptors (Lipinski definition) is 1. The lowest BCUT2D eigenvalue weighted by atomic mass is 10.0. The number of unbranched alkanes of at least 4 members (excludes halogenated alkanes) is 10. The summed E-state index contributed by atoms with van der Waals surface area (Å²) in [5.74, 6) is 0.883. The van der Waals surface area contributed by atoms with Gasteiger partial charge in [-0.3, -0.25) is 0 Å². The van der Waals surface area contributed by atoms with Gasteiger partial charge >= 0.3 is 0 Å². The summed E-state index contributed by atoms with van der Waals surface area (Å²) in [4.78, 5) is 0. The predicted molar refractivity (Wildman–Crippen MR) is 118 cm³/mol. The molecule has 0 aliphatic heterocycles. The molecule has 0 spiro atoms. The second kappa shape index (κ2) is 16.1. The summed E-state index contributed by atoms with van der Waals surface area (Å²) in [6.07, 6.45) is 19.0. The minimum absolute atomic E-state index is 0.883. The van der Waals surface area contributed by atoms with E-state index in [1.54, 1.807) is 0 Å². The van der Waals surface area contributed by atoms with Crippen LogP contribution < -0.4 is 5.32 Å². The number of rotatable bonds is 17. The van der Waals surface area contributed by atoms with E-state index >= 15 is 0 Å². The Labute approximate surface area is 163 Å². The third kappa shape index (κ3) is 13.2. The minimum atomic E-state index is 0.883. The zero-order valence-corrected chi connectivity index (χ0v) is 17.6. The Morgan fingerprint density at radius 1 is 0.769 bits per heavy atom. The maximum Gasteiger partial charge on any atom is 0.0205 e. The van der Waals surface area contributed by atoms with Crippen LogP contribution in [-0.4, -0.2) is 6.54 Å². The Hall–Kier alpha value is -1.08. The average Bonchev–Trinajstić information content (AvgIpc) is 2.65. The zero-order chi connectivity index (χ0) is 18.9. The number of nitrogens with one attached hydrogen (secondary N) is 1. The molecular formula is C25H43N. The summed E-state index contributed by atoms with van der Waals surface area (Å²) < 4.78 is 0. The van der Waals surface area contributed by atoms with Crippen LogP contribution in [0.15, 0.2) is 30.8 Å². The third-order valence-corrected chi connectivity index (χ3v) is 5.18. The standard InChI is InChI=1S/C25H43N/c1-4-24-17-19-25(20-18-24)22-26-21-15-13-11-9-7-5-6-8-10-12-14-16-23(2)3/h4,17-20,23,26H,1,5-16,21-22H2,2-3H3. The van der Waals surface area contributed by atoms with E-state index in [4.69, 9.17) is 0 Å². The SMILES string of the molecule is C=Cc1ccc(CNCCCCCCCCCCCCCC(C)C)cc1. The van der Waals surface area contributed by atoms with E-state index in [-0.39, 0.29) is 0 Å². The highest BCUT2D eigenvalue weighted by Gasteiger charge is 1.96. The molecule has 0 unspecified atom stereocenters. The molecular weight excluding hydrogens is 314 g/mol. The first-order chi connectivity index (χ1) is 12.7. The molecule has 0 aliphatic rings. The van der Waals surface area contributed by atoms with Gasteiger partial charge in [0.05, 0.1) is 0 Å². The van der Waals surface area contributed by atoms with Crippen LogP contribution in [-0.2, 0) is 6.54 Å². The van der Waals surface area contributed by atoms with Crippen LogP contribution in [0.2, 0.25) is 0 Å². The summed E-state index contributed by atoms with van der Waals surface area (Å²) >= 11 is 0. The molecule has 0 saturated heterocycles. The molecule has 0 aliphatic carbocycles. The summed E-state index contributed by atoms with van der Waals surface area (Å²) in [6, 6.07) is 8.65. The maximum atomic E-state index is 3.79. The molecule has 148 valence electrons. The van der Waals surface area contributed by atoms with Gasteiger partial charge in [-0.25, -0.2) is 0 Å². The Bertz CT molecular complexity index is 432. The van der Waals surface area contributed by atoms with Gasteiger partial charge in [-0.2, -0.15) is 0 Å². The van der Waals surface area contributed by atoms with Crippen molar-refractivity contribution in [1.82, 2.24) is 5.32 Å². The molecule has 1 nitrogen and oxygen atoms in total. The van der Waals surface area contributed by atoms with Crippen LogP contribution in [0.3, 0.4) is 0 Å². The summed E-state index contributed by atoms with van der Waals surface area (Å²) in [6.45, 7) is 10.6. The molecule has 1 heteroatoms. The molecule has 1 aromatic carbocycles. The fraction of sp³-hybridized carbons (Fsp3) is 0.680. The molecule has 0 amide bonds. The van der Waals surface area contributed by atoms with Crippen molar-refractivity contribution in [3.8, 4) is 0 Å². The van der Waals surface area contributed by atoms with Gasteiger partial charge in [-0.05, 0) is 30.0 Å². The largest absolute Gasteiger partial charge is 0.313 e. The third-order valence-electron chi connectivity index (χ3n) is 5.18. The highest BCUT2D eigenvalue weighted by atomic mass is 14.8.